The van der Waals surface area contributed by atoms with Crippen LogP contribution in [0.15, 0.2) is 60.7 Å². The molecule has 23 heavy (non-hydrogen) atoms. The van der Waals surface area contributed by atoms with Crippen molar-refractivity contribution < 1.29 is 10.9 Å². The summed E-state index contributed by atoms with van der Waals surface area (Å²) in [6.45, 7) is 0. The van der Waals surface area contributed by atoms with E-state index < -0.39 is 30.4 Å². The first-order valence-electron chi connectivity index (χ1n) is 7.91. The minimum atomic E-state index is -3.51. The molecule has 1 fully saturated rings. The Bertz CT molecular complexity index is 671. The van der Waals surface area contributed by atoms with E-state index in [1.54, 1.807) is 0 Å². The van der Waals surface area contributed by atoms with Gasteiger partial charge in [-0.15, -0.1) is 0 Å². The van der Waals surface area contributed by atoms with Crippen molar-refractivity contribution in [3.05, 3.63) is 67.8 Å². The van der Waals surface area contributed by atoms with Crippen LogP contribution in [0.1, 0.15) is 32.1 Å². The molecule has 3 nitrogen and oxygen atoms in total. The van der Waals surface area contributed by atoms with E-state index in [1.807, 2.05) is 60.7 Å². The summed E-state index contributed by atoms with van der Waals surface area (Å²) in [5.74, 6) is 0. The SMILES string of the molecule is O=S(=O)(OI(c1ccccc1)c1ccccc1)C1CCCCC1. The van der Waals surface area contributed by atoms with Gasteiger partial charge >= 0.3 is 146 Å². The summed E-state index contributed by atoms with van der Waals surface area (Å²) in [5, 5.41) is -0.330. The zero-order valence-corrected chi connectivity index (χ0v) is 15.9. The Morgan fingerprint density at radius 2 is 1.26 bits per heavy atom. The van der Waals surface area contributed by atoms with Crippen molar-refractivity contribution in [2.24, 2.45) is 0 Å². The fourth-order valence-electron chi connectivity index (χ4n) is 2.75. The van der Waals surface area contributed by atoms with Crippen LogP contribution in [0.5, 0.6) is 0 Å². The summed E-state index contributed by atoms with van der Waals surface area (Å²) in [4.78, 5) is 0. The number of hydrogen-bond acceptors (Lipinski definition) is 3. The van der Waals surface area contributed by atoms with Gasteiger partial charge in [0.1, 0.15) is 0 Å². The van der Waals surface area contributed by atoms with Crippen molar-refractivity contribution in [2.45, 2.75) is 37.4 Å². The van der Waals surface area contributed by atoms with Gasteiger partial charge in [-0.2, -0.15) is 0 Å². The molecule has 0 atom stereocenters. The molecule has 0 radical (unpaired) electrons. The molecule has 0 heterocycles. The zero-order valence-electron chi connectivity index (χ0n) is 12.9. The predicted octanol–water partition coefficient (Wildman–Crippen LogP) is 4.83. The number of benzene rings is 2. The molecular weight excluding hydrogens is 423 g/mol. The molecule has 0 amide bonds. The molecule has 2 aromatic carbocycles. The summed E-state index contributed by atoms with van der Waals surface area (Å²) in [6, 6.07) is 19.6. The molecule has 0 bridgehead atoms. The first kappa shape index (κ1) is 16.9. The quantitative estimate of drug-likeness (QED) is 0.621. The van der Waals surface area contributed by atoms with E-state index in [2.05, 4.69) is 0 Å². The van der Waals surface area contributed by atoms with Gasteiger partial charge < -0.3 is 0 Å². The van der Waals surface area contributed by atoms with Gasteiger partial charge in [0.05, 0.1) is 0 Å². The summed E-state index contributed by atoms with van der Waals surface area (Å²) in [6.07, 6.45) is 4.56. The van der Waals surface area contributed by atoms with E-state index in [-0.39, 0.29) is 5.25 Å². The second-order valence-corrected chi connectivity index (χ2v) is 12.4. The maximum atomic E-state index is 12.8. The Hall–Kier alpha value is -0.920. The molecule has 124 valence electrons. The molecular formula is C18H21IO3S. The van der Waals surface area contributed by atoms with Crippen LogP contribution in [0, 0.1) is 7.14 Å². The van der Waals surface area contributed by atoms with Crippen molar-refractivity contribution >= 4 is 30.4 Å². The van der Waals surface area contributed by atoms with Crippen LogP contribution in [0.2, 0.25) is 0 Å². The molecule has 0 unspecified atom stereocenters. The topological polar surface area (TPSA) is 43.4 Å². The number of hydrogen-bond donors (Lipinski definition) is 0. The molecule has 1 aliphatic carbocycles. The fraction of sp³-hybridized carbons (Fsp3) is 0.333. The van der Waals surface area contributed by atoms with E-state index in [0.717, 1.165) is 39.2 Å². The van der Waals surface area contributed by atoms with E-state index in [1.165, 1.54) is 0 Å². The van der Waals surface area contributed by atoms with Gasteiger partial charge in [-0.3, -0.25) is 0 Å². The standard InChI is InChI=1S/C18H21IO3S/c20-23(21,18-14-8-3-9-15-18)22-19(16-10-4-1-5-11-16)17-12-6-2-7-13-17/h1-2,4-7,10-13,18H,3,8-9,14-15H2. The molecule has 0 N–H and O–H groups in total. The minimum absolute atomic E-state index is 0.330. The second-order valence-electron chi connectivity index (χ2n) is 5.66. The van der Waals surface area contributed by atoms with Gasteiger partial charge in [0, 0.05) is 0 Å². The van der Waals surface area contributed by atoms with E-state index >= 15 is 0 Å². The zero-order chi connectivity index (χ0) is 16.1. The van der Waals surface area contributed by atoms with E-state index in [0.29, 0.717) is 0 Å². The maximum absolute atomic E-state index is 12.8. The molecule has 0 aromatic heterocycles. The first-order chi connectivity index (χ1) is 11.2. The summed E-state index contributed by atoms with van der Waals surface area (Å²) in [7, 11) is -3.51. The van der Waals surface area contributed by atoms with Crippen molar-refractivity contribution in [2.75, 3.05) is 0 Å². The Morgan fingerprint density at radius 1 is 0.783 bits per heavy atom. The van der Waals surface area contributed by atoms with Crippen LogP contribution in [0.4, 0.5) is 0 Å². The Morgan fingerprint density at radius 3 is 1.74 bits per heavy atom. The molecule has 1 aliphatic rings. The van der Waals surface area contributed by atoms with Crippen LogP contribution in [-0.2, 0) is 12.6 Å². The second kappa shape index (κ2) is 7.77. The van der Waals surface area contributed by atoms with Gasteiger partial charge in [-0.1, -0.05) is 0 Å². The summed E-state index contributed by atoms with van der Waals surface area (Å²) < 4.78 is 33.4. The van der Waals surface area contributed by atoms with Gasteiger partial charge in [0.25, 0.3) is 0 Å². The summed E-state index contributed by atoms with van der Waals surface area (Å²) in [5.41, 5.74) is 0. The van der Waals surface area contributed by atoms with E-state index in [9.17, 15) is 8.42 Å². The molecule has 0 saturated heterocycles. The van der Waals surface area contributed by atoms with Crippen LogP contribution < -0.4 is 0 Å². The predicted molar refractivity (Wildman–Crippen MR) is 101 cm³/mol. The van der Waals surface area contributed by atoms with Gasteiger partial charge in [-0.25, -0.2) is 0 Å². The Balaban J connectivity index is 1.90. The Labute approximate surface area is 146 Å². The number of halogens is 1. The third-order valence-corrected chi connectivity index (χ3v) is 11.8. The average molecular weight is 444 g/mol. The van der Waals surface area contributed by atoms with Gasteiger partial charge in [0.2, 0.25) is 0 Å². The van der Waals surface area contributed by atoms with Gasteiger partial charge in [0.15, 0.2) is 0 Å². The van der Waals surface area contributed by atoms with Crippen LogP contribution in [0.25, 0.3) is 0 Å². The van der Waals surface area contributed by atoms with Crippen LogP contribution in [-0.4, -0.2) is 13.7 Å². The van der Waals surface area contributed by atoms with E-state index in [4.69, 9.17) is 2.51 Å². The van der Waals surface area contributed by atoms with Gasteiger partial charge in [-0.05, 0) is 0 Å². The normalized spacial score (nSPS) is 17.0. The van der Waals surface area contributed by atoms with Crippen molar-refractivity contribution in [3.8, 4) is 0 Å². The first-order valence-corrected chi connectivity index (χ1v) is 12.4. The Kier molecular flexibility index (Phi) is 5.71. The molecule has 0 aliphatic heterocycles. The van der Waals surface area contributed by atoms with Crippen LogP contribution >= 0.6 is 20.2 Å². The molecule has 1 saturated carbocycles. The monoisotopic (exact) mass is 444 g/mol. The van der Waals surface area contributed by atoms with Crippen molar-refractivity contribution in [3.63, 3.8) is 0 Å². The molecule has 0 spiro atoms. The molecule has 2 aromatic rings. The van der Waals surface area contributed by atoms with Crippen LogP contribution in [0.3, 0.4) is 0 Å². The third kappa shape index (κ3) is 4.33. The van der Waals surface area contributed by atoms with Crippen molar-refractivity contribution in [1.29, 1.82) is 0 Å². The molecule has 5 heteroatoms. The third-order valence-electron chi connectivity index (χ3n) is 3.97. The van der Waals surface area contributed by atoms with Crippen molar-refractivity contribution in [1.82, 2.24) is 0 Å². The molecule has 3 rings (SSSR count). The fourth-order valence-corrected chi connectivity index (χ4v) is 10.6. The average Bonchev–Trinajstić information content (AvgIpc) is 2.62. The number of rotatable bonds is 5. The summed E-state index contributed by atoms with van der Waals surface area (Å²) >= 11 is -2.45.